The van der Waals surface area contributed by atoms with Crippen LogP contribution in [0.25, 0.3) is 10.4 Å². The van der Waals surface area contributed by atoms with Gasteiger partial charge in [-0.05, 0) is 23.4 Å². The van der Waals surface area contributed by atoms with Crippen LogP contribution in [0.1, 0.15) is 27.3 Å². The molecule has 0 atom stereocenters. The molecule has 3 aromatic rings. The van der Waals surface area contributed by atoms with E-state index in [9.17, 15) is 9.59 Å². The third kappa shape index (κ3) is 3.79. The third-order valence-electron chi connectivity index (χ3n) is 4.64. The Balaban J connectivity index is 1.48. The monoisotopic (exact) mass is 397 g/mol. The molecule has 0 unspecified atom stereocenters. The first-order valence-corrected chi connectivity index (χ1v) is 10.7. The quantitative estimate of drug-likeness (QED) is 0.674. The Kier molecular flexibility index (Phi) is 5.31. The summed E-state index contributed by atoms with van der Waals surface area (Å²) in [7, 11) is 0. The summed E-state index contributed by atoms with van der Waals surface area (Å²) < 4.78 is 0. The topological polar surface area (TPSA) is 53.5 Å². The molecule has 4 rings (SSSR count). The molecule has 3 heterocycles. The second-order valence-corrected chi connectivity index (χ2v) is 7.98. The van der Waals surface area contributed by atoms with Crippen molar-refractivity contribution in [1.29, 1.82) is 0 Å². The lowest BCUT2D eigenvalue weighted by Crippen LogP contribution is -2.37. The minimum Gasteiger partial charge on any atom is -0.337 e. The van der Waals surface area contributed by atoms with E-state index < -0.39 is 0 Å². The molecule has 138 valence electrons. The number of thiophene rings is 1. The highest BCUT2D eigenvalue weighted by molar-refractivity contribution is 7.13. The fourth-order valence-corrected chi connectivity index (χ4v) is 4.65. The number of benzene rings is 1. The molecule has 5 nitrogen and oxygen atoms in total. The summed E-state index contributed by atoms with van der Waals surface area (Å²) in [4.78, 5) is 34.6. The number of aromatic nitrogens is 1. The van der Waals surface area contributed by atoms with E-state index in [0.29, 0.717) is 31.9 Å². The highest BCUT2D eigenvalue weighted by atomic mass is 32.1. The summed E-state index contributed by atoms with van der Waals surface area (Å²) in [6.45, 7) is 2.38. The van der Waals surface area contributed by atoms with Gasteiger partial charge in [0.2, 0.25) is 0 Å². The van der Waals surface area contributed by atoms with Gasteiger partial charge >= 0.3 is 0 Å². The average molecular weight is 398 g/mol. The van der Waals surface area contributed by atoms with E-state index in [1.54, 1.807) is 5.51 Å². The molecule has 1 fully saturated rings. The van der Waals surface area contributed by atoms with Gasteiger partial charge in [-0.2, -0.15) is 11.3 Å². The molecule has 0 N–H and O–H groups in total. The van der Waals surface area contributed by atoms with Crippen molar-refractivity contribution >= 4 is 34.5 Å². The second-order valence-electron chi connectivity index (χ2n) is 6.35. The molecule has 0 radical (unpaired) electrons. The molecule has 7 heteroatoms. The van der Waals surface area contributed by atoms with Gasteiger partial charge in [0.05, 0.1) is 16.0 Å². The number of amides is 2. The van der Waals surface area contributed by atoms with Crippen LogP contribution in [-0.2, 0) is 0 Å². The van der Waals surface area contributed by atoms with Crippen LogP contribution >= 0.6 is 22.7 Å². The van der Waals surface area contributed by atoms with Gasteiger partial charge in [0.1, 0.15) is 5.69 Å². The lowest BCUT2D eigenvalue weighted by atomic mass is 10.1. The highest BCUT2D eigenvalue weighted by Crippen LogP contribution is 2.28. The van der Waals surface area contributed by atoms with Crippen molar-refractivity contribution in [2.45, 2.75) is 6.42 Å². The Labute approximate surface area is 165 Å². The minimum absolute atomic E-state index is 0.0455. The van der Waals surface area contributed by atoms with Crippen molar-refractivity contribution in [3.05, 3.63) is 63.9 Å². The van der Waals surface area contributed by atoms with Crippen LogP contribution in [0.15, 0.2) is 52.7 Å². The number of carbonyl (C=O) groups excluding carboxylic acids is 2. The van der Waals surface area contributed by atoms with Crippen molar-refractivity contribution in [2.75, 3.05) is 26.2 Å². The normalized spacial score (nSPS) is 14.8. The number of rotatable bonds is 3. The van der Waals surface area contributed by atoms with E-state index in [2.05, 4.69) is 4.98 Å². The van der Waals surface area contributed by atoms with Gasteiger partial charge in [-0.15, -0.1) is 11.3 Å². The second kappa shape index (κ2) is 8.02. The van der Waals surface area contributed by atoms with Gasteiger partial charge in [0.25, 0.3) is 11.8 Å². The molecule has 1 aliphatic heterocycles. The summed E-state index contributed by atoms with van der Waals surface area (Å²) in [5.41, 5.74) is 3.96. The Morgan fingerprint density at radius 3 is 2.37 bits per heavy atom. The molecule has 0 bridgehead atoms. The zero-order valence-corrected chi connectivity index (χ0v) is 16.3. The highest BCUT2D eigenvalue weighted by Gasteiger charge is 2.26. The van der Waals surface area contributed by atoms with Gasteiger partial charge in [-0.1, -0.05) is 30.3 Å². The van der Waals surface area contributed by atoms with Gasteiger partial charge < -0.3 is 9.80 Å². The van der Waals surface area contributed by atoms with Crippen LogP contribution < -0.4 is 0 Å². The zero-order chi connectivity index (χ0) is 18.6. The first-order chi connectivity index (χ1) is 13.2. The molecule has 2 aromatic heterocycles. The SMILES string of the molecule is O=C(c1ccsc1)N1CCCN(C(=O)c2ncsc2-c2ccccc2)CC1. The maximum absolute atomic E-state index is 13.1. The van der Waals surface area contributed by atoms with E-state index in [1.165, 1.54) is 22.7 Å². The lowest BCUT2D eigenvalue weighted by Gasteiger charge is -2.21. The van der Waals surface area contributed by atoms with E-state index in [1.807, 2.05) is 57.0 Å². The zero-order valence-electron chi connectivity index (χ0n) is 14.7. The van der Waals surface area contributed by atoms with Crippen molar-refractivity contribution in [1.82, 2.24) is 14.8 Å². The van der Waals surface area contributed by atoms with Gasteiger partial charge in [-0.25, -0.2) is 4.98 Å². The number of thiazole rings is 1. The first-order valence-electron chi connectivity index (χ1n) is 8.83. The summed E-state index contributed by atoms with van der Waals surface area (Å²) in [6, 6.07) is 11.7. The van der Waals surface area contributed by atoms with E-state index >= 15 is 0 Å². The van der Waals surface area contributed by atoms with E-state index in [-0.39, 0.29) is 11.8 Å². The summed E-state index contributed by atoms with van der Waals surface area (Å²) in [5, 5.41) is 3.78. The Morgan fingerprint density at radius 1 is 0.926 bits per heavy atom. The van der Waals surface area contributed by atoms with Gasteiger partial charge in [-0.3, -0.25) is 9.59 Å². The molecule has 1 saturated heterocycles. The number of hydrogen-bond acceptors (Lipinski definition) is 5. The number of hydrogen-bond donors (Lipinski definition) is 0. The van der Waals surface area contributed by atoms with E-state index in [0.717, 1.165) is 22.4 Å². The summed E-state index contributed by atoms with van der Waals surface area (Å²) in [6.07, 6.45) is 0.770. The van der Waals surface area contributed by atoms with Crippen molar-refractivity contribution in [3.63, 3.8) is 0 Å². The van der Waals surface area contributed by atoms with Crippen LogP contribution in [0.3, 0.4) is 0 Å². The Morgan fingerprint density at radius 2 is 1.67 bits per heavy atom. The largest absolute Gasteiger partial charge is 0.337 e. The van der Waals surface area contributed by atoms with Crippen molar-refractivity contribution in [3.8, 4) is 10.4 Å². The smallest absolute Gasteiger partial charge is 0.274 e. The fourth-order valence-electron chi connectivity index (χ4n) is 3.23. The van der Waals surface area contributed by atoms with Gasteiger partial charge in [0, 0.05) is 31.6 Å². The number of nitrogens with zero attached hydrogens (tertiary/aromatic N) is 3. The Bertz CT molecular complexity index is 922. The van der Waals surface area contributed by atoms with Crippen LogP contribution in [-0.4, -0.2) is 52.8 Å². The predicted molar refractivity (Wildman–Crippen MR) is 108 cm³/mol. The molecule has 0 spiro atoms. The maximum Gasteiger partial charge on any atom is 0.274 e. The van der Waals surface area contributed by atoms with Crippen LogP contribution in [0.4, 0.5) is 0 Å². The molecule has 2 amide bonds. The molecular formula is C20H19N3O2S2. The van der Waals surface area contributed by atoms with Crippen LogP contribution in [0.2, 0.25) is 0 Å². The summed E-state index contributed by atoms with van der Waals surface area (Å²) >= 11 is 3.00. The van der Waals surface area contributed by atoms with Crippen LogP contribution in [0.5, 0.6) is 0 Å². The average Bonchev–Trinajstić information content (AvgIpc) is 3.35. The van der Waals surface area contributed by atoms with Gasteiger partial charge in [0.15, 0.2) is 0 Å². The lowest BCUT2D eigenvalue weighted by molar-refractivity contribution is 0.0717. The number of carbonyl (C=O) groups is 2. The third-order valence-corrected chi connectivity index (χ3v) is 6.20. The first kappa shape index (κ1) is 17.9. The molecular weight excluding hydrogens is 378 g/mol. The fraction of sp³-hybridized carbons (Fsp3) is 0.250. The standard InChI is InChI=1S/C20H19N3O2S2/c24-19(16-7-12-26-13-16)22-8-4-9-23(11-10-22)20(25)17-18(27-14-21-17)15-5-2-1-3-6-15/h1-3,5-7,12-14H,4,8-11H2. The molecule has 1 aromatic carbocycles. The Hall–Kier alpha value is -2.51. The summed E-state index contributed by atoms with van der Waals surface area (Å²) in [5.74, 6) is -0.0101. The van der Waals surface area contributed by atoms with Crippen LogP contribution in [0, 0.1) is 0 Å². The minimum atomic E-state index is -0.0556. The molecule has 1 aliphatic rings. The molecule has 27 heavy (non-hydrogen) atoms. The maximum atomic E-state index is 13.1. The van der Waals surface area contributed by atoms with Crippen molar-refractivity contribution < 1.29 is 9.59 Å². The molecule has 0 aliphatic carbocycles. The predicted octanol–water partition coefficient (Wildman–Crippen LogP) is 3.86. The van der Waals surface area contributed by atoms with Crippen molar-refractivity contribution in [2.24, 2.45) is 0 Å². The molecule has 0 saturated carbocycles. The van der Waals surface area contributed by atoms with E-state index in [4.69, 9.17) is 0 Å².